The maximum Gasteiger partial charge on any atom is 0.289 e. The fraction of sp³-hybridized carbons (Fsp3) is 0.222. The molecule has 0 amide bonds. The summed E-state index contributed by atoms with van der Waals surface area (Å²) in [6.07, 6.45) is -1.66. The van der Waals surface area contributed by atoms with Gasteiger partial charge in [0.1, 0.15) is 11.4 Å². The maximum atomic E-state index is 13.5. The summed E-state index contributed by atoms with van der Waals surface area (Å²) in [6.45, 7) is 1.77. The first-order chi connectivity index (χ1) is 13.4. The van der Waals surface area contributed by atoms with Crippen LogP contribution in [0, 0.1) is 18.3 Å². The number of nitrogens with zero attached hydrogens (tertiary/aromatic N) is 5. The van der Waals surface area contributed by atoms with Gasteiger partial charge in [0, 0.05) is 24.5 Å². The van der Waals surface area contributed by atoms with Gasteiger partial charge in [-0.3, -0.25) is 0 Å². The summed E-state index contributed by atoms with van der Waals surface area (Å²) in [4.78, 5) is 8.45. The molecule has 3 rings (SSSR count). The van der Waals surface area contributed by atoms with Crippen molar-refractivity contribution < 1.29 is 17.9 Å². The number of benzene rings is 1. The van der Waals surface area contributed by atoms with E-state index in [9.17, 15) is 13.2 Å². The Morgan fingerprint density at radius 2 is 1.93 bits per heavy atom. The summed E-state index contributed by atoms with van der Waals surface area (Å²) in [5.74, 6) is 0.588. The van der Waals surface area contributed by atoms with Crippen molar-refractivity contribution >= 4 is 0 Å². The van der Waals surface area contributed by atoms with Gasteiger partial charge in [-0.2, -0.15) is 10.4 Å². The minimum absolute atomic E-state index is 0.0678. The molecular weight excluding hydrogens is 373 g/mol. The molecule has 0 fully saturated rings. The molecule has 2 heterocycles. The van der Waals surface area contributed by atoms with Crippen molar-refractivity contribution in [2.75, 3.05) is 0 Å². The third-order valence-corrected chi connectivity index (χ3v) is 3.84. The molecule has 144 valence electrons. The second-order valence-corrected chi connectivity index (χ2v) is 5.81. The number of ether oxygens (including phenoxy) is 1. The summed E-state index contributed by atoms with van der Waals surface area (Å²) in [6, 6.07) is 6.60. The number of nitrogens with two attached hydrogens (primary N) is 1. The van der Waals surface area contributed by atoms with E-state index in [1.54, 1.807) is 24.5 Å². The first-order valence-electron chi connectivity index (χ1n) is 8.14. The van der Waals surface area contributed by atoms with Crippen LogP contribution in [0.4, 0.5) is 13.2 Å². The second kappa shape index (κ2) is 8.06. The van der Waals surface area contributed by atoms with Gasteiger partial charge in [-0.25, -0.2) is 27.8 Å². The van der Waals surface area contributed by atoms with Gasteiger partial charge in [-0.05, 0) is 25.1 Å². The van der Waals surface area contributed by atoms with Crippen molar-refractivity contribution in [3.8, 4) is 29.0 Å². The van der Waals surface area contributed by atoms with Gasteiger partial charge < -0.3 is 10.5 Å². The highest BCUT2D eigenvalue weighted by atomic mass is 19.3. The van der Waals surface area contributed by atoms with Crippen LogP contribution in [0.1, 0.15) is 23.1 Å². The lowest BCUT2D eigenvalue weighted by molar-refractivity contribution is 0.000555. The number of halogens is 3. The molecule has 1 unspecified atom stereocenters. The van der Waals surface area contributed by atoms with Crippen molar-refractivity contribution in [1.82, 2.24) is 19.7 Å². The quantitative estimate of drug-likeness (QED) is 0.693. The molecule has 0 saturated heterocycles. The number of alkyl halides is 3. The normalized spacial score (nSPS) is 12.0. The predicted octanol–water partition coefficient (Wildman–Crippen LogP) is 3.50. The van der Waals surface area contributed by atoms with Crippen molar-refractivity contribution in [1.29, 1.82) is 5.26 Å². The smallest absolute Gasteiger partial charge is 0.289 e. The lowest BCUT2D eigenvalue weighted by Gasteiger charge is -2.10. The minimum Gasteiger partial charge on any atom is -0.453 e. The Morgan fingerprint density at radius 3 is 2.54 bits per heavy atom. The van der Waals surface area contributed by atoms with E-state index in [2.05, 4.69) is 15.1 Å². The number of aromatic nitrogens is 4. The van der Waals surface area contributed by atoms with Gasteiger partial charge in [0.15, 0.2) is 11.6 Å². The molecule has 7 nitrogen and oxygen atoms in total. The van der Waals surface area contributed by atoms with Crippen molar-refractivity contribution in [2.45, 2.75) is 26.2 Å². The monoisotopic (exact) mass is 388 g/mol. The fourth-order valence-corrected chi connectivity index (χ4v) is 2.39. The number of hydrogen-bond donors (Lipinski definition) is 1. The van der Waals surface area contributed by atoms with E-state index in [-0.39, 0.29) is 23.7 Å². The zero-order chi connectivity index (χ0) is 20.3. The lowest BCUT2D eigenvalue weighted by Crippen LogP contribution is -2.12. The van der Waals surface area contributed by atoms with Crippen LogP contribution < -0.4 is 10.5 Å². The van der Waals surface area contributed by atoms with Crippen LogP contribution in [0.5, 0.6) is 11.5 Å². The number of rotatable bonds is 6. The Bertz CT molecular complexity index is 1010. The van der Waals surface area contributed by atoms with Crippen LogP contribution in [0.2, 0.25) is 0 Å². The highest BCUT2D eigenvalue weighted by Crippen LogP contribution is 2.34. The van der Waals surface area contributed by atoms with E-state index in [0.29, 0.717) is 21.6 Å². The SMILES string of the molecule is Cc1nn(C(F)C(F)F)cc1Oc1cc(C#N)ccc1-c1ncc(CN)cn1. The van der Waals surface area contributed by atoms with Crippen LogP contribution in [-0.4, -0.2) is 26.2 Å². The molecule has 0 saturated carbocycles. The van der Waals surface area contributed by atoms with E-state index in [1.165, 1.54) is 13.0 Å². The van der Waals surface area contributed by atoms with Gasteiger partial charge >= 0.3 is 0 Å². The van der Waals surface area contributed by atoms with Gasteiger partial charge in [-0.1, -0.05) is 0 Å². The standard InChI is InChI=1S/C18H15F3N6O/c1-10-15(9-27(26-10)17(21)16(19)20)28-14-4-11(5-22)2-3-13(14)18-24-7-12(6-23)8-25-18/h2-4,7-9,16-17H,6,23H2,1H3. The number of hydrogen-bond acceptors (Lipinski definition) is 6. The van der Waals surface area contributed by atoms with Crippen LogP contribution in [0.3, 0.4) is 0 Å². The Morgan fingerprint density at radius 1 is 1.21 bits per heavy atom. The van der Waals surface area contributed by atoms with Gasteiger partial charge in [0.05, 0.1) is 23.4 Å². The van der Waals surface area contributed by atoms with Crippen molar-refractivity contribution in [2.24, 2.45) is 5.73 Å². The van der Waals surface area contributed by atoms with Crippen LogP contribution >= 0.6 is 0 Å². The molecule has 0 bridgehead atoms. The molecule has 0 aliphatic carbocycles. The van der Waals surface area contributed by atoms with Crippen LogP contribution in [-0.2, 0) is 6.54 Å². The van der Waals surface area contributed by atoms with E-state index in [4.69, 9.17) is 15.7 Å². The third kappa shape index (κ3) is 3.94. The molecule has 28 heavy (non-hydrogen) atoms. The lowest BCUT2D eigenvalue weighted by atomic mass is 10.1. The second-order valence-electron chi connectivity index (χ2n) is 5.81. The minimum atomic E-state index is -3.22. The summed E-state index contributed by atoms with van der Waals surface area (Å²) in [7, 11) is 0. The summed E-state index contributed by atoms with van der Waals surface area (Å²) in [5.41, 5.74) is 7.24. The zero-order valence-electron chi connectivity index (χ0n) is 14.7. The first-order valence-corrected chi connectivity index (χ1v) is 8.14. The van der Waals surface area contributed by atoms with Gasteiger partial charge in [0.25, 0.3) is 12.7 Å². The molecule has 1 aromatic carbocycles. The average Bonchev–Trinajstić information content (AvgIpc) is 3.07. The Hall–Kier alpha value is -3.45. The average molecular weight is 388 g/mol. The van der Waals surface area contributed by atoms with E-state index >= 15 is 0 Å². The van der Waals surface area contributed by atoms with Crippen molar-refractivity contribution in [3.63, 3.8) is 0 Å². The fourth-order valence-electron chi connectivity index (χ4n) is 2.39. The Labute approximate surface area is 158 Å². The molecule has 2 N–H and O–H groups in total. The molecule has 10 heteroatoms. The third-order valence-electron chi connectivity index (χ3n) is 3.84. The highest BCUT2D eigenvalue weighted by Gasteiger charge is 2.24. The largest absolute Gasteiger partial charge is 0.453 e. The maximum absolute atomic E-state index is 13.5. The summed E-state index contributed by atoms with van der Waals surface area (Å²) < 4.78 is 45.0. The van der Waals surface area contributed by atoms with Crippen LogP contribution in [0.15, 0.2) is 36.8 Å². The van der Waals surface area contributed by atoms with Crippen LogP contribution in [0.25, 0.3) is 11.4 Å². The summed E-state index contributed by atoms with van der Waals surface area (Å²) in [5, 5.41) is 12.9. The van der Waals surface area contributed by atoms with Gasteiger partial charge in [-0.15, -0.1) is 0 Å². The highest BCUT2D eigenvalue weighted by molar-refractivity contribution is 5.66. The predicted molar refractivity (Wildman–Crippen MR) is 93.3 cm³/mol. The molecular formula is C18H15F3N6O. The molecule has 2 aromatic heterocycles. The molecule has 0 aliphatic rings. The van der Waals surface area contributed by atoms with Crippen molar-refractivity contribution in [3.05, 3.63) is 53.6 Å². The molecule has 1 atom stereocenters. The topological polar surface area (TPSA) is 103 Å². The Balaban J connectivity index is 2.00. The Kier molecular flexibility index (Phi) is 5.56. The zero-order valence-corrected chi connectivity index (χ0v) is 14.7. The van der Waals surface area contributed by atoms with E-state index in [0.717, 1.165) is 11.8 Å². The first kappa shape index (κ1) is 19.3. The van der Waals surface area contributed by atoms with E-state index in [1.807, 2.05) is 6.07 Å². The van der Waals surface area contributed by atoms with E-state index < -0.39 is 12.7 Å². The summed E-state index contributed by atoms with van der Waals surface area (Å²) >= 11 is 0. The molecule has 3 aromatic rings. The molecule has 0 aliphatic heterocycles. The van der Waals surface area contributed by atoms with Gasteiger partial charge in [0.2, 0.25) is 0 Å². The molecule has 0 spiro atoms. The number of nitriles is 1. The number of aryl methyl sites for hydroxylation is 1. The molecule has 0 radical (unpaired) electrons.